The molecule has 0 fully saturated rings. The Morgan fingerprint density at radius 3 is 2.63 bits per heavy atom. The summed E-state index contributed by atoms with van der Waals surface area (Å²) in [6.45, 7) is 5.50. The van der Waals surface area contributed by atoms with Gasteiger partial charge in [-0.2, -0.15) is 0 Å². The predicted molar refractivity (Wildman–Crippen MR) is 108 cm³/mol. The number of ether oxygens (including phenoxy) is 3. The number of fused-ring (bicyclic) bond motifs is 2. The number of carbonyl (C=O) groups excluding carboxylic acids is 1. The van der Waals surface area contributed by atoms with E-state index in [4.69, 9.17) is 14.2 Å². The largest absolute Gasteiger partial charge is 0.497 e. The second-order valence-corrected chi connectivity index (χ2v) is 6.97. The number of nitrogens with one attached hydrogen (secondary N) is 1. The molecule has 0 spiro atoms. The van der Waals surface area contributed by atoms with Gasteiger partial charge in [0.05, 0.1) is 17.5 Å². The Morgan fingerprint density at radius 1 is 1.15 bits per heavy atom. The first-order valence-corrected chi connectivity index (χ1v) is 9.86. The van der Waals surface area contributed by atoms with Crippen molar-refractivity contribution in [2.45, 2.75) is 26.6 Å². The first kappa shape index (κ1) is 19.5. The monoisotopic (exact) mass is 388 g/mol. The lowest BCUT2D eigenvalue weighted by atomic mass is 10.2. The first-order valence-electron chi connectivity index (χ1n) is 9.04. The van der Waals surface area contributed by atoms with Crippen molar-refractivity contribution in [3.63, 3.8) is 0 Å². The van der Waals surface area contributed by atoms with E-state index >= 15 is 0 Å². The van der Waals surface area contributed by atoms with Crippen LogP contribution in [0.5, 0.6) is 5.75 Å². The zero-order valence-corrected chi connectivity index (χ0v) is 16.6. The lowest BCUT2D eigenvalue weighted by Crippen LogP contribution is -2.28. The van der Waals surface area contributed by atoms with Crippen LogP contribution >= 0.6 is 11.3 Å². The molecule has 2 aromatic heterocycles. The van der Waals surface area contributed by atoms with Gasteiger partial charge >= 0.3 is 0 Å². The molecule has 0 aliphatic heterocycles. The molecule has 3 rings (SSSR count). The summed E-state index contributed by atoms with van der Waals surface area (Å²) < 4.78 is 16.2. The molecule has 1 N–H and O–H groups in total. The average molecular weight is 388 g/mol. The summed E-state index contributed by atoms with van der Waals surface area (Å²) in [5.41, 5.74) is 0.854. The lowest BCUT2D eigenvalue weighted by Gasteiger charge is -2.16. The zero-order chi connectivity index (χ0) is 19.2. The van der Waals surface area contributed by atoms with Gasteiger partial charge in [0, 0.05) is 43.0 Å². The van der Waals surface area contributed by atoms with Crippen molar-refractivity contribution in [1.82, 2.24) is 10.3 Å². The molecule has 0 aliphatic rings. The number of hydrogen-bond donors (Lipinski definition) is 1. The molecular weight excluding hydrogens is 364 g/mol. The Labute approximate surface area is 162 Å². The molecule has 0 saturated heterocycles. The molecule has 144 valence electrons. The SMILES string of the molecule is CCOC(CCNC(=O)c1cc2cc3ccc(OC)cc3nc2s1)OCC. The van der Waals surface area contributed by atoms with E-state index in [1.54, 1.807) is 7.11 Å². The van der Waals surface area contributed by atoms with E-state index in [1.807, 2.05) is 44.2 Å². The number of rotatable bonds is 9. The van der Waals surface area contributed by atoms with Gasteiger partial charge in [0.15, 0.2) is 6.29 Å². The van der Waals surface area contributed by atoms with E-state index in [0.29, 0.717) is 31.1 Å². The minimum absolute atomic E-state index is 0.105. The van der Waals surface area contributed by atoms with Crippen molar-refractivity contribution in [3.05, 3.63) is 35.2 Å². The minimum atomic E-state index is -0.287. The second kappa shape index (κ2) is 9.12. The Bertz CT molecular complexity index is 919. The summed E-state index contributed by atoms with van der Waals surface area (Å²) in [4.78, 5) is 18.6. The van der Waals surface area contributed by atoms with Crippen molar-refractivity contribution in [3.8, 4) is 5.75 Å². The van der Waals surface area contributed by atoms with E-state index in [-0.39, 0.29) is 12.2 Å². The van der Waals surface area contributed by atoms with Crippen molar-refractivity contribution in [1.29, 1.82) is 0 Å². The molecule has 0 bridgehead atoms. The van der Waals surface area contributed by atoms with Crippen LogP contribution in [0.4, 0.5) is 0 Å². The van der Waals surface area contributed by atoms with Crippen molar-refractivity contribution < 1.29 is 19.0 Å². The van der Waals surface area contributed by atoms with E-state index in [9.17, 15) is 4.79 Å². The van der Waals surface area contributed by atoms with Crippen LogP contribution in [0.1, 0.15) is 29.9 Å². The maximum Gasteiger partial charge on any atom is 0.261 e. The van der Waals surface area contributed by atoms with E-state index in [2.05, 4.69) is 10.3 Å². The molecule has 1 aromatic carbocycles. The topological polar surface area (TPSA) is 69.7 Å². The standard InChI is InChI=1S/C20H24N2O4S/c1-4-25-18(26-5-2)8-9-21-19(23)17-11-14-10-13-6-7-15(24-3)12-16(13)22-20(14)27-17/h6-7,10-12,18H,4-5,8-9H2,1-3H3,(H,21,23). The lowest BCUT2D eigenvalue weighted by molar-refractivity contribution is -0.138. The van der Waals surface area contributed by atoms with Crippen LogP contribution in [-0.4, -0.2) is 44.0 Å². The van der Waals surface area contributed by atoms with Crippen LogP contribution in [0.3, 0.4) is 0 Å². The van der Waals surface area contributed by atoms with Gasteiger partial charge in [0.1, 0.15) is 10.6 Å². The number of methoxy groups -OCH3 is 1. The van der Waals surface area contributed by atoms with Gasteiger partial charge in [-0.15, -0.1) is 11.3 Å². The van der Waals surface area contributed by atoms with Gasteiger partial charge in [-0.05, 0) is 38.1 Å². The molecule has 0 unspecified atom stereocenters. The third kappa shape index (κ3) is 4.74. The fourth-order valence-corrected chi connectivity index (χ4v) is 3.76. The van der Waals surface area contributed by atoms with Crippen LogP contribution < -0.4 is 10.1 Å². The highest BCUT2D eigenvalue weighted by Gasteiger charge is 2.13. The average Bonchev–Trinajstić information content (AvgIpc) is 3.08. The van der Waals surface area contributed by atoms with Crippen LogP contribution in [0.2, 0.25) is 0 Å². The van der Waals surface area contributed by atoms with Crippen LogP contribution in [-0.2, 0) is 9.47 Å². The van der Waals surface area contributed by atoms with E-state index in [0.717, 1.165) is 26.9 Å². The molecule has 1 amide bonds. The molecule has 0 saturated carbocycles. The Hall–Kier alpha value is -2.22. The molecule has 6 nitrogen and oxygen atoms in total. The Kier molecular flexibility index (Phi) is 6.60. The molecule has 27 heavy (non-hydrogen) atoms. The molecule has 0 radical (unpaired) electrons. The molecule has 0 aliphatic carbocycles. The van der Waals surface area contributed by atoms with Crippen LogP contribution in [0.15, 0.2) is 30.3 Å². The quantitative estimate of drug-likeness (QED) is 0.562. The third-order valence-electron chi connectivity index (χ3n) is 4.11. The first-order chi connectivity index (χ1) is 13.1. The number of thiophene rings is 1. The maximum atomic E-state index is 12.5. The van der Waals surface area contributed by atoms with Crippen molar-refractivity contribution in [2.75, 3.05) is 26.9 Å². The molecule has 0 atom stereocenters. The number of carbonyl (C=O) groups is 1. The summed E-state index contributed by atoms with van der Waals surface area (Å²) in [6, 6.07) is 9.71. The summed E-state index contributed by atoms with van der Waals surface area (Å²) in [6.07, 6.45) is 0.324. The fourth-order valence-electron chi connectivity index (χ4n) is 2.82. The summed E-state index contributed by atoms with van der Waals surface area (Å²) in [7, 11) is 1.63. The highest BCUT2D eigenvalue weighted by molar-refractivity contribution is 7.20. The number of nitrogens with zero attached hydrogens (tertiary/aromatic N) is 1. The minimum Gasteiger partial charge on any atom is -0.497 e. The second-order valence-electron chi connectivity index (χ2n) is 5.94. The Morgan fingerprint density at radius 2 is 1.93 bits per heavy atom. The van der Waals surface area contributed by atoms with Gasteiger partial charge in [-0.1, -0.05) is 0 Å². The highest BCUT2D eigenvalue weighted by atomic mass is 32.1. The third-order valence-corrected chi connectivity index (χ3v) is 5.15. The van der Waals surface area contributed by atoms with Crippen molar-refractivity contribution in [2.24, 2.45) is 0 Å². The van der Waals surface area contributed by atoms with Crippen molar-refractivity contribution >= 4 is 38.4 Å². The summed E-state index contributed by atoms with van der Waals surface area (Å²) in [5.74, 6) is 0.661. The number of hydrogen-bond acceptors (Lipinski definition) is 6. The van der Waals surface area contributed by atoms with Crippen LogP contribution in [0.25, 0.3) is 21.1 Å². The van der Waals surface area contributed by atoms with E-state index in [1.165, 1.54) is 11.3 Å². The number of benzene rings is 1. The summed E-state index contributed by atoms with van der Waals surface area (Å²) in [5, 5.41) is 4.91. The predicted octanol–water partition coefficient (Wildman–Crippen LogP) is 3.98. The number of aromatic nitrogens is 1. The Balaban J connectivity index is 1.70. The normalized spacial score (nSPS) is 11.4. The zero-order valence-electron chi connectivity index (χ0n) is 15.8. The number of pyridine rings is 1. The summed E-state index contributed by atoms with van der Waals surface area (Å²) >= 11 is 1.39. The van der Waals surface area contributed by atoms with E-state index < -0.39 is 0 Å². The van der Waals surface area contributed by atoms with Gasteiger partial charge in [0.2, 0.25) is 0 Å². The number of amides is 1. The maximum absolute atomic E-state index is 12.5. The molecular formula is C20H24N2O4S. The smallest absolute Gasteiger partial charge is 0.261 e. The van der Waals surface area contributed by atoms with Gasteiger partial charge in [0.25, 0.3) is 5.91 Å². The van der Waals surface area contributed by atoms with Crippen LogP contribution in [0, 0.1) is 0 Å². The van der Waals surface area contributed by atoms with Gasteiger partial charge in [-0.3, -0.25) is 4.79 Å². The van der Waals surface area contributed by atoms with Gasteiger partial charge < -0.3 is 19.5 Å². The highest BCUT2D eigenvalue weighted by Crippen LogP contribution is 2.29. The molecule has 7 heteroatoms. The molecule has 3 aromatic rings. The van der Waals surface area contributed by atoms with Gasteiger partial charge in [-0.25, -0.2) is 4.98 Å². The fraction of sp³-hybridized carbons (Fsp3) is 0.400. The molecule has 2 heterocycles.